The quantitative estimate of drug-likeness (QED) is 0.392. The summed E-state index contributed by atoms with van der Waals surface area (Å²) in [6.07, 6.45) is 3.03. The van der Waals surface area contributed by atoms with Gasteiger partial charge in [-0.1, -0.05) is 12.7 Å². The van der Waals surface area contributed by atoms with E-state index in [1.165, 1.54) is 25.1 Å². The van der Waals surface area contributed by atoms with Crippen LogP contribution in [0, 0.1) is 0 Å². The van der Waals surface area contributed by atoms with Gasteiger partial charge >= 0.3 is 0 Å². The Kier molecular flexibility index (Phi) is 7.81. The maximum Gasteiger partial charge on any atom is 0.254 e. The SMILES string of the molecule is C=C(C=O)/C(=C/C)C(=O)N(C)C(CCC=O)C(=O)NC. The molecule has 0 spiro atoms. The van der Waals surface area contributed by atoms with E-state index in [2.05, 4.69) is 11.9 Å². The number of allylic oxidation sites excluding steroid dienone is 1. The maximum absolute atomic E-state index is 12.3. The van der Waals surface area contributed by atoms with Gasteiger partial charge in [0.1, 0.15) is 18.6 Å². The minimum Gasteiger partial charge on any atom is -0.357 e. The molecule has 6 heteroatoms. The van der Waals surface area contributed by atoms with Gasteiger partial charge < -0.3 is 15.0 Å². The van der Waals surface area contributed by atoms with E-state index in [0.717, 1.165) is 0 Å². The predicted molar refractivity (Wildman–Crippen MR) is 74.9 cm³/mol. The van der Waals surface area contributed by atoms with E-state index in [-0.39, 0.29) is 29.9 Å². The topological polar surface area (TPSA) is 83.6 Å². The van der Waals surface area contributed by atoms with E-state index in [9.17, 15) is 19.2 Å². The fourth-order valence-corrected chi connectivity index (χ4v) is 1.73. The molecular formula is C14H20N2O4. The summed E-state index contributed by atoms with van der Waals surface area (Å²) in [5.74, 6) is -0.848. The molecule has 1 N–H and O–H groups in total. The van der Waals surface area contributed by atoms with Crippen LogP contribution in [0.2, 0.25) is 0 Å². The fraction of sp³-hybridized carbons (Fsp3) is 0.429. The molecule has 0 aromatic rings. The van der Waals surface area contributed by atoms with Gasteiger partial charge in [-0.3, -0.25) is 14.4 Å². The first kappa shape index (κ1) is 17.8. The third kappa shape index (κ3) is 4.46. The van der Waals surface area contributed by atoms with Crippen LogP contribution in [0.4, 0.5) is 0 Å². The van der Waals surface area contributed by atoms with Crippen LogP contribution in [-0.2, 0) is 19.2 Å². The molecule has 0 saturated heterocycles. The summed E-state index contributed by atoms with van der Waals surface area (Å²) < 4.78 is 0. The van der Waals surface area contributed by atoms with Crippen molar-refractivity contribution in [1.82, 2.24) is 10.2 Å². The highest BCUT2D eigenvalue weighted by atomic mass is 16.2. The summed E-state index contributed by atoms with van der Waals surface area (Å²) in [5.41, 5.74) is 0.193. The Hall–Kier alpha value is -2.24. The van der Waals surface area contributed by atoms with Gasteiger partial charge in [0.25, 0.3) is 5.91 Å². The minimum atomic E-state index is -0.771. The Morgan fingerprint density at radius 2 is 1.95 bits per heavy atom. The van der Waals surface area contributed by atoms with Crippen molar-refractivity contribution in [3.8, 4) is 0 Å². The van der Waals surface area contributed by atoms with Crippen LogP contribution < -0.4 is 5.32 Å². The highest BCUT2D eigenvalue weighted by molar-refractivity contribution is 6.05. The molecule has 110 valence electrons. The molecular weight excluding hydrogens is 260 g/mol. The number of amides is 2. The van der Waals surface area contributed by atoms with Crippen LogP contribution in [0.1, 0.15) is 19.8 Å². The largest absolute Gasteiger partial charge is 0.357 e. The molecule has 0 aliphatic heterocycles. The molecule has 20 heavy (non-hydrogen) atoms. The van der Waals surface area contributed by atoms with E-state index >= 15 is 0 Å². The van der Waals surface area contributed by atoms with Crippen LogP contribution >= 0.6 is 0 Å². The third-order valence-corrected chi connectivity index (χ3v) is 2.90. The molecule has 0 saturated carbocycles. The number of hydrogen-bond donors (Lipinski definition) is 1. The van der Waals surface area contributed by atoms with Crippen LogP contribution in [-0.4, -0.2) is 49.4 Å². The lowest BCUT2D eigenvalue weighted by Gasteiger charge is -2.27. The monoisotopic (exact) mass is 280 g/mol. The molecule has 0 bridgehead atoms. The molecule has 0 aromatic carbocycles. The first-order chi connectivity index (χ1) is 9.44. The van der Waals surface area contributed by atoms with E-state index in [1.807, 2.05) is 0 Å². The smallest absolute Gasteiger partial charge is 0.254 e. The van der Waals surface area contributed by atoms with Gasteiger partial charge in [0.15, 0.2) is 0 Å². The lowest BCUT2D eigenvalue weighted by molar-refractivity contribution is -0.136. The summed E-state index contributed by atoms with van der Waals surface area (Å²) in [5, 5.41) is 2.45. The number of nitrogens with zero attached hydrogens (tertiary/aromatic N) is 1. The Bertz CT molecular complexity index is 440. The van der Waals surface area contributed by atoms with Crippen molar-refractivity contribution >= 4 is 24.4 Å². The van der Waals surface area contributed by atoms with Crippen LogP contribution in [0.15, 0.2) is 23.8 Å². The van der Waals surface area contributed by atoms with Crippen LogP contribution in [0.3, 0.4) is 0 Å². The number of likely N-dealkylation sites (N-methyl/N-ethyl adjacent to an activating group) is 2. The average molecular weight is 280 g/mol. The van der Waals surface area contributed by atoms with Crippen molar-refractivity contribution in [3.05, 3.63) is 23.8 Å². The normalized spacial score (nSPS) is 12.2. The summed E-state index contributed by atoms with van der Waals surface area (Å²) in [4.78, 5) is 46.4. The van der Waals surface area contributed by atoms with Crippen molar-refractivity contribution in [1.29, 1.82) is 0 Å². The van der Waals surface area contributed by atoms with Gasteiger partial charge in [-0.2, -0.15) is 0 Å². The van der Waals surface area contributed by atoms with Crippen LogP contribution in [0.5, 0.6) is 0 Å². The molecule has 0 heterocycles. The van der Waals surface area contributed by atoms with Crippen molar-refractivity contribution in [3.63, 3.8) is 0 Å². The average Bonchev–Trinajstić information content (AvgIpc) is 2.47. The first-order valence-corrected chi connectivity index (χ1v) is 6.17. The number of carbonyl (C=O) groups excluding carboxylic acids is 4. The number of hydrogen-bond acceptors (Lipinski definition) is 4. The van der Waals surface area contributed by atoms with E-state index in [1.54, 1.807) is 6.92 Å². The maximum atomic E-state index is 12.3. The lowest BCUT2D eigenvalue weighted by Crippen LogP contribution is -2.47. The third-order valence-electron chi connectivity index (χ3n) is 2.90. The summed E-state index contributed by atoms with van der Waals surface area (Å²) >= 11 is 0. The zero-order valence-corrected chi connectivity index (χ0v) is 12.0. The Balaban J connectivity index is 5.22. The molecule has 0 radical (unpaired) electrons. The molecule has 0 fully saturated rings. The van der Waals surface area contributed by atoms with Gasteiger partial charge in [-0.15, -0.1) is 0 Å². The number of rotatable bonds is 8. The summed E-state index contributed by atoms with van der Waals surface area (Å²) in [6.45, 7) is 5.10. The lowest BCUT2D eigenvalue weighted by atomic mass is 10.0. The second kappa shape index (κ2) is 8.79. The Morgan fingerprint density at radius 1 is 1.35 bits per heavy atom. The van der Waals surface area contributed by atoms with E-state index in [0.29, 0.717) is 12.6 Å². The Morgan fingerprint density at radius 3 is 2.35 bits per heavy atom. The predicted octanol–water partition coefficient (Wildman–Crippen LogP) is 0.240. The van der Waals surface area contributed by atoms with Gasteiger partial charge in [0.2, 0.25) is 5.91 Å². The highest BCUT2D eigenvalue weighted by Crippen LogP contribution is 2.13. The second-order valence-corrected chi connectivity index (χ2v) is 4.14. The summed E-state index contributed by atoms with van der Waals surface area (Å²) in [7, 11) is 2.91. The van der Waals surface area contributed by atoms with Crippen molar-refractivity contribution < 1.29 is 19.2 Å². The van der Waals surface area contributed by atoms with Gasteiger partial charge in [0, 0.05) is 31.7 Å². The van der Waals surface area contributed by atoms with Gasteiger partial charge in [-0.25, -0.2) is 0 Å². The zero-order chi connectivity index (χ0) is 15.7. The summed E-state index contributed by atoms with van der Waals surface area (Å²) in [6, 6.07) is -0.771. The van der Waals surface area contributed by atoms with E-state index in [4.69, 9.17) is 0 Å². The molecule has 2 amide bonds. The van der Waals surface area contributed by atoms with Crippen LogP contribution in [0.25, 0.3) is 0 Å². The zero-order valence-electron chi connectivity index (χ0n) is 12.0. The van der Waals surface area contributed by atoms with E-state index < -0.39 is 11.9 Å². The Labute approximate surface area is 118 Å². The van der Waals surface area contributed by atoms with Gasteiger partial charge in [-0.05, 0) is 13.3 Å². The van der Waals surface area contributed by atoms with Crippen molar-refractivity contribution in [2.75, 3.05) is 14.1 Å². The first-order valence-electron chi connectivity index (χ1n) is 6.17. The molecule has 1 unspecified atom stereocenters. The molecule has 6 nitrogen and oxygen atoms in total. The highest BCUT2D eigenvalue weighted by Gasteiger charge is 2.28. The molecule has 1 atom stereocenters. The number of carbonyl (C=O) groups is 4. The van der Waals surface area contributed by atoms with Crippen molar-refractivity contribution in [2.45, 2.75) is 25.8 Å². The number of nitrogens with one attached hydrogen (secondary N) is 1. The second-order valence-electron chi connectivity index (χ2n) is 4.14. The molecule has 0 aromatic heterocycles. The fourth-order valence-electron chi connectivity index (χ4n) is 1.73. The molecule has 0 rings (SSSR count). The van der Waals surface area contributed by atoms with Crippen molar-refractivity contribution in [2.24, 2.45) is 0 Å². The number of aldehydes is 2. The minimum absolute atomic E-state index is 0.0513. The van der Waals surface area contributed by atoms with Gasteiger partial charge in [0.05, 0.1) is 0 Å². The molecule has 0 aliphatic rings. The standard InChI is InChI=1S/C14H20N2O4/c1-5-11(10(2)9-18)14(20)16(4)12(7-6-8-17)13(19)15-3/h5,8-9,12H,2,6-7H2,1,3-4H3,(H,15,19)/b11-5-. The molecule has 0 aliphatic carbocycles.